The van der Waals surface area contributed by atoms with Crippen LogP contribution in [-0.2, 0) is 80.7 Å². The van der Waals surface area contributed by atoms with Crippen LogP contribution in [0, 0.1) is 13.1 Å². The molecule has 8 rings (SSSR count). The highest BCUT2D eigenvalue weighted by molar-refractivity contribution is 9.10. The summed E-state index contributed by atoms with van der Waals surface area (Å²) in [5.74, 6) is -8.58. The van der Waals surface area contributed by atoms with Gasteiger partial charge in [0.15, 0.2) is 5.75 Å². The predicted molar refractivity (Wildman–Crippen MR) is 267 cm³/mol. The molecule has 0 bridgehead atoms. The van der Waals surface area contributed by atoms with Crippen molar-refractivity contribution >= 4 is 61.1 Å². The molecule has 4 aliphatic rings. The minimum atomic E-state index is -6.09. The molecule has 0 spiro atoms. The second-order valence-corrected chi connectivity index (χ2v) is 20.8. The Balaban J connectivity index is 0.000000208. The molecule has 456 valence electrons. The Morgan fingerprint density at radius 3 is 1.15 bits per heavy atom. The van der Waals surface area contributed by atoms with Crippen molar-refractivity contribution in [3.63, 3.8) is 0 Å². The number of rotatable bonds is 2. The first-order valence-corrected chi connectivity index (χ1v) is 26.5. The third kappa shape index (κ3) is 16.6. The quantitative estimate of drug-likeness (QED) is 0.0753. The number of carbonyl (C=O) groups excluding carboxylic acids is 4. The molecule has 0 radical (unpaired) electrons. The average molecular weight is 1300 g/mol. The van der Waals surface area contributed by atoms with Gasteiger partial charge in [0.25, 0.3) is 0 Å². The largest absolute Gasteiger partial charge is 0.534 e. The molecule has 4 aliphatic heterocycles. The van der Waals surface area contributed by atoms with Crippen molar-refractivity contribution < 1.29 is 113 Å². The lowest BCUT2D eigenvalue weighted by molar-refractivity contribution is -0.185. The Morgan fingerprint density at radius 2 is 0.774 bits per heavy atom. The second-order valence-electron chi connectivity index (χ2n) is 18.4. The molecule has 4 amide bonds. The maximum atomic E-state index is 12.6. The fraction of sp³-hybridized carbons (Fsp3) is 0.412. The number of fused-ring (bicyclic) bond motifs is 4. The Bertz CT molecular complexity index is 3340. The summed E-state index contributed by atoms with van der Waals surface area (Å²) in [4.78, 5) is 53.8. The Hall–Kier alpha value is -7.68. The third-order valence-corrected chi connectivity index (χ3v) is 14.8. The fourth-order valence-electron chi connectivity index (χ4n) is 9.06. The first-order chi connectivity index (χ1) is 38.8. The molecule has 16 nitrogen and oxygen atoms in total. The van der Waals surface area contributed by atoms with E-state index in [2.05, 4.69) is 29.8 Å². The van der Waals surface area contributed by atoms with E-state index in [1.807, 2.05) is 0 Å². The van der Waals surface area contributed by atoms with Crippen LogP contribution in [-0.4, -0.2) is 150 Å². The molecule has 0 saturated carbocycles. The van der Waals surface area contributed by atoms with Crippen LogP contribution in [0.1, 0.15) is 44.5 Å². The van der Waals surface area contributed by atoms with E-state index in [9.17, 15) is 109 Å². The SMILES string of the molecule is O=C(N1CCc2ccc(Br)c(O)c2CC1)C(F)(F)F.O=C(N1CCc2cccc(O)c2CC1)C(F)(F)F.[C-]#[N+]c1ccc2c(c1O)CCN(C(=O)C(F)(F)F)CC2.[C-]#[N+]c1ccc2c(c1OS(=O)(=O)C(F)(F)F)CCN(C(=O)C(F)(F)F)CC2. The smallest absolute Gasteiger partial charge is 0.519 e. The molecule has 0 aliphatic carbocycles. The number of nitrogens with zero attached hydrogens (tertiary/aromatic N) is 6. The van der Waals surface area contributed by atoms with Crippen molar-refractivity contribution in [1.82, 2.24) is 19.6 Å². The summed E-state index contributed by atoms with van der Waals surface area (Å²) < 4.78 is 214. The van der Waals surface area contributed by atoms with E-state index in [4.69, 9.17) is 13.1 Å². The van der Waals surface area contributed by atoms with E-state index >= 15 is 0 Å². The van der Waals surface area contributed by atoms with Gasteiger partial charge in [-0.2, -0.15) is 74.3 Å². The highest BCUT2D eigenvalue weighted by Gasteiger charge is 2.50. The van der Waals surface area contributed by atoms with Crippen molar-refractivity contribution in [1.29, 1.82) is 0 Å². The second kappa shape index (κ2) is 26.5. The zero-order chi connectivity index (χ0) is 63.1. The number of aromatic hydroxyl groups is 3. The van der Waals surface area contributed by atoms with E-state index in [1.165, 1.54) is 18.2 Å². The Kier molecular flexibility index (Phi) is 21.2. The summed E-state index contributed by atoms with van der Waals surface area (Å²) >= 11 is 3.17. The first kappa shape index (κ1) is 67.1. The fourth-order valence-corrected chi connectivity index (χ4v) is 9.94. The number of halogens is 16. The van der Waals surface area contributed by atoms with Crippen LogP contribution in [0.2, 0.25) is 0 Å². The topological polar surface area (TPSA) is 194 Å². The van der Waals surface area contributed by atoms with Crippen LogP contribution < -0.4 is 4.18 Å². The number of phenols is 3. The molecule has 33 heteroatoms. The normalized spacial score (nSPS) is 15.6. The van der Waals surface area contributed by atoms with Crippen LogP contribution in [0.5, 0.6) is 23.0 Å². The van der Waals surface area contributed by atoms with Gasteiger partial charge in [0.2, 0.25) is 11.4 Å². The van der Waals surface area contributed by atoms with Gasteiger partial charge in [-0.1, -0.05) is 42.5 Å². The zero-order valence-electron chi connectivity index (χ0n) is 42.8. The third-order valence-electron chi connectivity index (χ3n) is 13.2. The van der Waals surface area contributed by atoms with Crippen LogP contribution in [0.25, 0.3) is 9.69 Å². The van der Waals surface area contributed by atoms with Crippen molar-refractivity contribution in [3.8, 4) is 23.0 Å². The van der Waals surface area contributed by atoms with Crippen molar-refractivity contribution in [2.24, 2.45) is 0 Å². The van der Waals surface area contributed by atoms with E-state index in [-0.39, 0.29) is 112 Å². The molecule has 3 N–H and O–H groups in total. The summed E-state index contributed by atoms with van der Waals surface area (Å²) in [5.41, 5.74) is -2.26. The summed E-state index contributed by atoms with van der Waals surface area (Å²) in [6, 6.07) is 13.6. The van der Waals surface area contributed by atoms with Crippen LogP contribution in [0.4, 0.5) is 77.2 Å². The summed E-state index contributed by atoms with van der Waals surface area (Å²) in [5, 5.41) is 29.4. The highest BCUT2D eigenvalue weighted by atomic mass is 79.9. The molecule has 0 fully saturated rings. The highest BCUT2D eigenvalue weighted by Crippen LogP contribution is 2.41. The van der Waals surface area contributed by atoms with Crippen LogP contribution >= 0.6 is 15.9 Å². The molecular formula is C51H44BrF15N6O10S. The van der Waals surface area contributed by atoms with Gasteiger partial charge in [-0.3, -0.25) is 19.2 Å². The molecule has 0 saturated heterocycles. The molecule has 0 unspecified atom stereocenters. The Morgan fingerprint density at radius 1 is 0.452 bits per heavy atom. The summed E-state index contributed by atoms with van der Waals surface area (Å²) in [7, 11) is -6.09. The number of alkyl halides is 15. The minimum Gasteiger partial charge on any atom is -0.519 e. The number of hydrogen-bond acceptors (Lipinski definition) is 10. The average Bonchev–Trinajstić information content (AvgIpc) is 2.22. The van der Waals surface area contributed by atoms with Gasteiger partial charge in [-0.15, -0.1) is 0 Å². The van der Waals surface area contributed by atoms with Gasteiger partial charge in [0, 0.05) is 57.9 Å². The van der Waals surface area contributed by atoms with Crippen LogP contribution in [0.15, 0.2) is 59.1 Å². The molecule has 4 aromatic rings. The van der Waals surface area contributed by atoms with E-state index < -0.39 is 88.4 Å². The number of benzene rings is 4. The van der Waals surface area contributed by atoms with E-state index in [1.54, 1.807) is 30.3 Å². The van der Waals surface area contributed by atoms with Gasteiger partial charge >= 0.3 is 64.0 Å². The van der Waals surface area contributed by atoms with Gasteiger partial charge < -0.3 is 39.1 Å². The number of phenolic OH excluding ortho intramolecular Hbond substituents is 3. The van der Waals surface area contributed by atoms with Gasteiger partial charge in [-0.05, 0) is 118 Å². The van der Waals surface area contributed by atoms with Crippen molar-refractivity contribution in [3.05, 3.63) is 126 Å². The predicted octanol–water partition coefficient (Wildman–Crippen LogP) is 9.91. The maximum Gasteiger partial charge on any atom is 0.534 e. The molecule has 0 atom stereocenters. The molecule has 0 aromatic heterocycles. The maximum absolute atomic E-state index is 12.6. The number of amides is 4. The zero-order valence-corrected chi connectivity index (χ0v) is 45.3. The summed E-state index contributed by atoms with van der Waals surface area (Å²) in [6.45, 7) is 12.7. The first-order valence-electron chi connectivity index (χ1n) is 24.3. The van der Waals surface area contributed by atoms with Crippen molar-refractivity contribution in [2.75, 3.05) is 52.4 Å². The van der Waals surface area contributed by atoms with Crippen LogP contribution in [0.3, 0.4) is 0 Å². The molecule has 4 aromatic carbocycles. The molecule has 84 heavy (non-hydrogen) atoms. The summed E-state index contributed by atoms with van der Waals surface area (Å²) in [6.07, 6.45) is -18.9. The van der Waals surface area contributed by atoms with E-state index in [0.717, 1.165) is 31.9 Å². The van der Waals surface area contributed by atoms with E-state index in [0.29, 0.717) is 44.5 Å². The van der Waals surface area contributed by atoms with Gasteiger partial charge in [-0.25, -0.2) is 9.69 Å². The molecule has 4 heterocycles. The van der Waals surface area contributed by atoms with Crippen molar-refractivity contribution in [2.45, 2.75) is 81.6 Å². The lowest BCUT2D eigenvalue weighted by Gasteiger charge is -2.21. The number of carbonyl (C=O) groups is 4. The minimum absolute atomic E-state index is 0.00636. The lowest BCUT2D eigenvalue weighted by Crippen LogP contribution is -2.42. The lowest BCUT2D eigenvalue weighted by atomic mass is 10.0. The standard InChI is InChI=1S/C14H10F6N2O4S.C13H11F3N2O2.C12H11BrF3NO2.C12H12F3NO2/c1-21-10-3-2-8-4-6-22(12(23)13(15,16)17)7-5-9(8)11(10)26-27(24,25)14(18,19)20;1-17-10-3-2-8-4-6-18(12(20)13(14,15)16)7-5-9(8)11(10)19;13-9-2-1-7-3-5-17(11(19)12(14,15)16)6-4-8(7)10(9)18;13-12(14,15)11(18)16-6-4-8-2-1-3-10(17)9(8)5-7-16/h2-3H,4-7H2;2-3,19H,4-7H2;1-2,18H,3-6H2;1-3,17H,4-7H2. The number of hydrogen-bond donors (Lipinski definition) is 3. The van der Waals surface area contributed by atoms with Gasteiger partial charge in [0.1, 0.15) is 17.2 Å². The van der Waals surface area contributed by atoms with Gasteiger partial charge in [0.05, 0.1) is 17.6 Å². The molecular weight excluding hydrogens is 1250 g/mol. The monoisotopic (exact) mass is 1300 g/mol. The Labute approximate surface area is 475 Å².